The Bertz CT molecular complexity index is 815. The molecule has 5 nitrogen and oxygen atoms in total. The standard InChI is InChI=1S/C17H20N2O3S2/c1-2-19(15-8-9-24(21,22)12-15)16(20)10-14-11-23-17(18-14)13-6-4-3-5-7-13/h3-7,11,15H,2,8-10,12H2,1H3. The molecule has 0 aliphatic carbocycles. The zero-order valence-corrected chi connectivity index (χ0v) is 15.1. The van der Waals surface area contributed by atoms with Crippen molar-refractivity contribution in [1.82, 2.24) is 9.88 Å². The van der Waals surface area contributed by atoms with E-state index in [2.05, 4.69) is 4.98 Å². The average Bonchev–Trinajstić information content (AvgIpc) is 3.16. The Morgan fingerprint density at radius 1 is 1.33 bits per heavy atom. The van der Waals surface area contributed by atoms with Crippen LogP contribution in [-0.2, 0) is 21.1 Å². The van der Waals surface area contributed by atoms with Gasteiger partial charge >= 0.3 is 0 Å². The van der Waals surface area contributed by atoms with Crippen LogP contribution in [0, 0.1) is 0 Å². The van der Waals surface area contributed by atoms with E-state index < -0.39 is 9.84 Å². The summed E-state index contributed by atoms with van der Waals surface area (Å²) in [7, 11) is -3.00. The largest absolute Gasteiger partial charge is 0.339 e. The Hall–Kier alpha value is -1.73. The van der Waals surface area contributed by atoms with Crippen molar-refractivity contribution in [2.45, 2.75) is 25.8 Å². The maximum absolute atomic E-state index is 12.6. The maximum atomic E-state index is 12.6. The van der Waals surface area contributed by atoms with Gasteiger partial charge in [-0.3, -0.25) is 4.79 Å². The average molecular weight is 364 g/mol. The van der Waals surface area contributed by atoms with Gasteiger partial charge in [0, 0.05) is 23.5 Å². The van der Waals surface area contributed by atoms with Crippen molar-refractivity contribution in [3.05, 3.63) is 41.4 Å². The van der Waals surface area contributed by atoms with Crippen molar-refractivity contribution in [1.29, 1.82) is 0 Å². The van der Waals surface area contributed by atoms with Crippen molar-refractivity contribution < 1.29 is 13.2 Å². The highest BCUT2D eigenvalue weighted by atomic mass is 32.2. The number of aromatic nitrogens is 1. The summed E-state index contributed by atoms with van der Waals surface area (Å²) < 4.78 is 23.3. The number of nitrogens with zero attached hydrogens (tertiary/aromatic N) is 2. The lowest BCUT2D eigenvalue weighted by Crippen LogP contribution is -2.41. The highest BCUT2D eigenvalue weighted by molar-refractivity contribution is 7.91. The smallest absolute Gasteiger partial charge is 0.228 e. The van der Waals surface area contributed by atoms with E-state index in [0.29, 0.717) is 13.0 Å². The molecule has 2 aromatic rings. The maximum Gasteiger partial charge on any atom is 0.228 e. The zero-order chi connectivity index (χ0) is 17.2. The SMILES string of the molecule is CCN(C(=O)Cc1csc(-c2ccccc2)n1)C1CCS(=O)(=O)C1. The van der Waals surface area contributed by atoms with Gasteiger partial charge in [0.25, 0.3) is 0 Å². The molecule has 1 aliphatic rings. The number of thiazole rings is 1. The first-order valence-corrected chi connectivity index (χ1v) is 10.7. The topological polar surface area (TPSA) is 67.3 Å². The van der Waals surface area contributed by atoms with Crippen LogP contribution in [0.1, 0.15) is 19.0 Å². The minimum Gasteiger partial charge on any atom is -0.339 e. The molecule has 1 amide bonds. The number of carbonyl (C=O) groups is 1. The summed E-state index contributed by atoms with van der Waals surface area (Å²) in [5.74, 6) is 0.208. The molecule has 0 bridgehead atoms. The van der Waals surface area contributed by atoms with Gasteiger partial charge in [0.05, 0.1) is 23.6 Å². The van der Waals surface area contributed by atoms with Crippen LogP contribution in [0.5, 0.6) is 0 Å². The van der Waals surface area contributed by atoms with E-state index in [1.54, 1.807) is 4.90 Å². The molecule has 0 N–H and O–H groups in total. The molecule has 0 radical (unpaired) electrons. The summed E-state index contributed by atoms with van der Waals surface area (Å²) >= 11 is 1.52. The highest BCUT2D eigenvalue weighted by Crippen LogP contribution is 2.24. The van der Waals surface area contributed by atoms with E-state index >= 15 is 0 Å². The Balaban J connectivity index is 1.69. The molecule has 1 saturated heterocycles. The van der Waals surface area contributed by atoms with Crippen molar-refractivity contribution in [3.63, 3.8) is 0 Å². The van der Waals surface area contributed by atoms with Gasteiger partial charge in [-0.25, -0.2) is 13.4 Å². The Kier molecular flexibility index (Phi) is 5.01. The van der Waals surface area contributed by atoms with Crippen LogP contribution in [0.2, 0.25) is 0 Å². The predicted molar refractivity (Wildman–Crippen MR) is 95.7 cm³/mol. The minimum atomic E-state index is -3.00. The van der Waals surface area contributed by atoms with Crippen LogP contribution in [0.25, 0.3) is 10.6 Å². The van der Waals surface area contributed by atoms with E-state index in [9.17, 15) is 13.2 Å². The lowest BCUT2D eigenvalue weighted by molar-refractivity contribution is -0.132. The fourth-order valence-electron chi connectivity index (χ4n) is 3.02. The Labute approximate surface area is 146 Å². The van der Waals surface area contributed by atoms with Crippen LogP contribution < -0.4 is 0 Å². The third-order valence-electron chi connectivity index (χ3n) is 4.22. The second-order valence-electron chi connectivity index (χ2n) is 5.92. The molecule has 1 aromatic heterocycles. The lowest BCUT2D eigenvalue weighted by atomic mass is 10.2. The number of likely N-dealkylation sites (N-methyl/N-ethyl adjacent to an activating group) is 1. The number of carbonyl (C=O) groups excluding carboxylic acids is 1. The molecule has 1 unspecified atom stereocenters. The van der Waals surface area contributed by atoms with Gasteiger partial charge in [0.1, 0.15) is 5.01 Å². The third kappa shape index (κ3) is 3.84. The molecule has 0 saturated carbocycles. The lowest BCUT2D eigenvalue weighted by Gasteiger charge is -2.26. The highest BCUT2D eigenvalue weighted by Gasteiger charge is 2.33. The first-order chi connectivity index (χ1) is 11.5. The van der Waals surface area contributed by atoms with Gasteiger partial charge < -0.3 is 4.90 Å². The van der Waals surface area contributed by atoms with E-state index in [4.69, 9.17) is 0 Å². The van der Waals surface area contributed by atoms with Gasteiger partial charge in [-0.1, -0.05) is 30.3 Å². The molecule has 128 valence electrons. The molecule has 1 aromatic carbocycles. The third-order valence-corrected chi connectivity index (χ3v) is 6.91. The van der Waals surface area contributed by atoms with Crippen LogP contribution in [-0.4, -0.2) is 48.3 Å². The van der Waals surface area contributed by atoms with Crippen LogP contribution in [0.3, 0.4) is 0 Å². The zero-order valence-electron chi connectivity index (χ0n) is 13.5. The monoisotopic (exact) mass is 364 g/mol. The predicted octanol–water partition coefficient (Wildman–Crippen LogP) is 2.39. The van der Waals surface area contributed by atoms with E-state index in [1.807, 2.05) is 42.6 Å². The first kappa shape index (κ1) is 17.1. The Morgan fingerprint density at radius 3 is 2.71 bits per heavy atom. The molecule has 1 aliphatic heterocycles. The van der Waals surface area contributed by atoms with Crippen LogP contribution in [0.4, 0.5) is 0 Å². The number of hydrogen-bond acceptors (Lipinski definition) is 5. The van der Waals surface area contributed by atoms with Gasteiger partial charge in [0.15, 0.2) is 9.84 Å². The number of sulfone groups is 1. The van der Waals surface area contributed by atoms with E-state index in [1.165, 1.54) is 11.3 Å². The fourth-order valence-corrected chi connectivity index (χ4v) is 5.57. The molecule has 0 spiro atoms. The molecule has 2 heterocycles. The molecule has 1 atom stereocenters. The van der Waals surface area contributed by atoms with Crippen molar-refractivity contribution in [3.8, 4) is 10.6 Å². The second-order valence-corrected chi connectivity index (χ2v) is 9.01. The van der Waals surface area contributed by atoms with Gasteiger partial charge in [-0.05, 0) is 13.3 Å². The summed E-state index contributed by atoms with van der Waals surface area (Å²) in [5.41, 5.74) is 1.78. The number of rotatable bonds is 5. The summed E-state index contributed by atoms with van der Waals surface area (Å²) in [5, 5.41) is 2.80. The van der Waals surface area contributed by atoms with E-state index in [0.717, 1.165) is 16.3 Å². The molecule has 24 heavy (non-hydrogen) atoms. The molecular weight excluding hydrogens is 344 g/mol. The normalized spacial score (nSPS) is 19.3. The quantitative estimate of drug-likeness (QED) is 0.817. The van der Waals surface area contributed by atoms with Gasteiger partial charge in [0.2, 0.25) is 5.91 Å². The molecular formula is C17H20N2O3S2. The minimum absolute atomic E-state index is 0.0514. The summed E-state index contributed by atoms with van der Waals surface area (Å²) in [6.07, 6.45) is 0.752. The van der Waals surface area contributed by atoms with Gasteiger partial charge in [-0.2, -0.15) is 0 Å². The van der Waals surface area contributed by atoms with Crippen LogP contribution >= 0.6 is 11.3 Å². The fraction of sp³-hybridized carbons (Fsp3) is 0.412. The molecule has 1 fully saturated rings. The Morgan fingerprint density at radius 2 is 2.08 bits per heavy atom. The molecule has 3 rings (SSSR count). The van der Waals surface area contributed by atoms with E-state index in [-0.39, 0.29) is 29.9 Å². The number of benzene rings is 1. The molecule has 7 heteroatoms. The second kappa shape index (κ2) is 7.03. The summed E-state index contributed by atoms with van der Waals surface area (Å²) in [4.78, 5) is 18.8. The number of amides is 1. The van der Waals surface area contributed by atoms with Gasteiger partial charge in [-0.15, -0.1) is 11.3 Å². The number of hydrogen-bond donors (Lipinski definition) is 0. The van der Waals surface area contributed by atoms with Crippen molar-refractivity contribution >= 4 is 27.1 Å². The van der Waals surface area contributed by atoms with Crippen LogP contribution in [0.15, 0.2) is 35.7 Å². The summed E-state index contributed by atoms with van der Waals surface area (Å²) in [6.45, 7) is 2.41. The first-order valence-electron chi connectivity index (χ1n) is 7.98. The van der Waals surface area contributed by atoms with Crippen molar-refractivity contribution in [2.75, 3.05) is 18.1 Å². The summed E-state index contributed by atoms with van der Waals surface area (Å²) in [6, 6.07) is 9.66. The van der Waals surface area contributed by atoms with Crippen molar-refractivity contribution in [2.24, 2.45) is 0 Å².